The molecular formula is C23H25N5O2. The van der Waals surface area contributed by atoms with Gasteiger partial charge < -0.3 is 20.9 Å². The van der Waals surface area contributed by atoms with Gasteiger partial charge in [0.2, 0.25) is 0 Å². The lowest BCUT2D eigenvalue weighted by molar-refractivity contribution is 0.0949. The molecule has 0 radical (unpaired) electrons. The largest absolute Gasteiger partial charge is 0.356 e. The van der Waals surface area contributed by atoms with Gasteiger partial charge in [-0.1, -0.05) is 18.2 Å². The number of pyridine rings is 1. The number of ketones is 1. The quantitative estimate of drug-likeness (QED) is 0.502. The first-order valence-corrected chi connectivity index (χ1v) is 10.2. The molecule has 0 fully saturated rings. The molecular weight excluding hydrogens is 378 g/mol. The maximum Gasteiger partial charge on any atom is 0.314 e. The van der Waals surface area contributed by atoms with Gasteiger partial charge in [-0.2, -0.15) is 0 Å². The van der Waals surface area contributed by atoms with Crippen LogP contribution in [0.25, 0.3) is 11.3 Å². The summed E-state index contributed by atoms with van der Waals surface area (Å²) < 4.78 is 0. The van der Waals surface area contributed by atoms with E-state index in [0.29, 0.717) is 31.5 Å². The Labute approximate surface area is 175 Å². The van der Waals surface area contributed by atoms with E-state index in [1.165, 1.54) is 0 Å². The Bertz CT molecular complexity index is 1030. The molecule has 2 heterocycles. The SMILES string of the molecule is CCNC(=O)NCC1CC(=O)c2c([nH]c(-c3ccncc3)c2Nc2ccccc2)C1. The van der Waals surface area contributed by atoms with E-state index in [9.17, 15) is 9.59 Å². The van der Waals surface area contributed by atoms with Crippen molar-refractivity contribution in [3.05, 3.63) is 66.1 Å². The third-order valence-corrected chi connectivity index (χ3v) is 5.22. The maximum atomic E-state index is 13.1. The number of carbonyl (C=O) groups is 2. The molecule has 2 amide bonds. The fourth-order valence-corrected chi connectivity index (χ4v) is 3.87. The number of urea groups is 1. The van der Waals surface area contributed by atoms with Crippen LogP contribution in [0.2, 0.25) is 0 Å². The van der Waals surface area contributed by atoms with Crippen molar-refractivity contribution in [2.45, 2.75) is 19.8 Å². The van der Waals surface area contributed by atoms with Crippen molar-refractivity contribution < 1.29 is 9.59 Å². The van der Waals surface area contributed by atoms with E-state index in [1.54, 1.807) is 12.4 Å². The van der Waals surface area contributed by atoms with Crippen molar-refractivity contribution in [2.75, 3.05) is 18.4 Å². The maximum absolute atomic E-state index is 13.1. The molecule has 0 spiro atoms. The van der Waals surface area contributed by atoms with Gasteiger partial charge in [-0.15, -0.1) is 0 Å². The first kappa shape index (κ1) is 19.7. The second kappa shape index (κ2) is 8.82. The Hall–Kier alpha value is -3.61. The van der Waals surface area contributed by atoms with Gasteiger partial charge in [0.1, 0.15) is 0 Å². The van der Waals surface area contributed by atoms with Crippen molar-refractivity contribution in [1.29, 1.82) is 0 Å². The molecule has 1 aliphatic carbocycles. The summed E-state index contributed by atoms with van der Waals surface area (Å²) in [7, 11) is 0. The van der Waals surface area contributed by atoms with Crippen molar-refractivity contribution in [2.24, 2.45) is 5.92 Å². The number of benzene rings is 1. The number of nitrogens with zero attached hydrogens (tertiary/aromatic N) is 1. The number of aromatic nitrogens is 2. The first-order valence-electron chi connectivity index (χ1n) is 10.2. The molecule has 0 saturated carbocycles. The first-order chi connectivity index (χ1) is 14.7. The molecule has 7 heteroatoms. The summed E-state index contributed by atoms with van der Waals surface area (Å²) in [6, 6.07) is 13.5. The Kier molecular flexibility index (Phi) is 5.79. The van der Waals surface area contributed by atoms with Crippen molar-refractivity contribution in [3.63, 3.8) is 0 Å². The van der Waals surface area contributed by atoms with Crippen molar-refractivity contribution in [3.8, 4) is 11.3 Å². The van der Waals surface area contributed by atoms with Gasteiger partial charge in [-0.05, 0) is 43.5 Å². The Morgan fingerprint density at radius 2 is 1.87 bits per heavy atom. The van der Waals surface area contributed by atoms with Crippen LogP contribution in [0.15, 0.2) is 54.9 Å². The third kappa shape index (κ3) is 4.20. The molecule has 154 valence electrons. The van der Waals surface area contributed by atoms with Crippen LogP contribution in [0.1, 0.15) is 29.4 Å². The normalized spacial score (nSPS) is 15.4. The van der Waals surface area contributed by atoms with Crippen LogP contribution < -0.4 is 16.0 Å². The van der Waals surface area contributed by atoms with E-state index in [0.717, 1.165) is 28.3 Å². The van der Waals surface area contributed by atoms with Gasteiger partial charge in [-0.25, -0.2) is 4.79 Å². The average Bonchev–Trinajstić information content (AvgIpc) is 3.12. The predicted molar refractivity (Wildman–Crippen MR) is 117 cm³/mol. The molecule has 1 atom stereocenters. The number of hydrogen-bond donors (Lipinski definition) is 4. The molecule has 4 N–H and O–H groups in total. The van der Waals surface area contributed by atoms with Crippen LogP contribution in [-0.4, -0.2) is 34.9 Å². The highest BCUT2D eigenvalue weighted by atomic mass is 16.2. The fourth-order valence-electron chi connectivity index (χ4n) is 3.87. The third-order valence-electron chi connectivity index (χ3n) is 5.22. The van der Waals surface area contributed by atoms with E-state index in [2.05, 4.69) is 25.9 Å². The number of fused-ring (bicyclic) bond motifs is 1. The average molecular weight is 403 g/mol. The van der Waals surface area contributed by atoms with E-state index in [1.807, 2.05) is 49.4 Å². The van der Waals surface area contributed by atoms with E-state index in [4.69, 9.17) is 0 Å². The predicted octanol–water partition coefficient (Wildman–Crippen LogP) is 3.88. The molecule has 30 heavy (non-hydrogen) atoms. The summed E-state index contributed by atoms with van der Waals surface area (Å²) in [6.07, 6.45) is 4.57. The summed E-state index contributed by atoms with van der Waals surface area (Å²) in [6.45, 7) is 2.90. The van der Waals surface area contributed by atoms with Crippen molar-refractivity contribution in [1.82, 2.24) is 20.6 Å². The molecule has 1 unspecified atom stereocenters. The molecule has 0 saturated heterocycles. The Morgan fingerprint density at radius 3 is 2.60 bits per heavy atom. The smallest absolute Gasteiger partial charge is 0.314 e. The topological polar surface area (TPSA) is 98.9 Å². The molecule has 4 rings (SSSR count). The number of anilines is 2. The minimum absolute atomic E-state index is 0.0566. The molecule has 1 aromatic carbocycles. The summed E-state index contributed by atoms with van der Waals surface area (Å²) in [4.78, 5) is 32.4. The molecule has 3 aromatic rings. The number of para-hydroxylation sites is 1. The molecule has 0 aliphatic heterocycles. The summed E-state index contributed by atoms with van der Waals surface area (Å²) >= 11 is 0. The van der Waals surface area contributed by atoms with Gasteiger partial charge in [0.25, 0.3) is 0 Å². The van der Waals surface area contributed by atoms with Crippen molar-refractivity contribution >= 4 is 23.2 Å². The molecule has 1 aliphatic rings. The lowest BCUT2D eigenvalue weighted by atomic mass is 9.86. The van der Waals surface area contributed by atoms with Gasteiger partial charge >= 0.3 is 6.03 Å². The number of Topliss-reactive ketones (excluding diaryl/α,β-unsaturated/α-hetero) is 1. The zero-order valence-corrected chi connectivity index (χ0v) is 16.9. The molecule has 2 aromatic heterocycles. The number of H-pyrrole nitrogens is 1. The second-order valence-electron chi connectivity index (χ2n) is 7.39. The number of nitrogens with one attached hydrogen (secondary N) is 4. The number of carbonyl (C=O) groups excluding carboxylic acids is 2. The van der Waals surface area contributed by atoms with Crippen LogP contribution in [0.3, 0.4) is 0 Å². The van der Waals surface area contributed by atoms with Crippen LogP contribution in [0.5, 0.6) is 0 Å². The lowest BCUT2D eigenvalue weighted by Gasteiger charge is -2.22. The number of rotatable bonds is 6. The zero-order valence-electron chi connectivity index (χ0n) is 16.9. The van der Waals surface area contributed by atoms with E-state index in [-0.39, 0.29) is 17.7 Å². The standard InChI is InChI=1S/C23H25N5O2/c1-2-25-23(30)26-14-15-12-18-20(19(29)13-15)22(27-17-6-4-3-5-7-17)21(28-18)16-8-10-24-11-9-16/h3-11,15,27-28H,2,12-14H2,1H3,(H2,25,26,30). The monoisotopic (exact) mass is 403 g/mol. The number of hydrogen-bond acceptors (Lipinski definition) is 4. The fraction of sp³-hybridized carbons (Fsp3) is 0.261. The minimum atomic E-state index is -0.203. The highest BCUT2D eigenvalue weighted by molar-refractivity contribution is 6.07. The Balaban J connectivity index is 1.66. The zero-order chi connectivity index (χ0) is 20.9. The van der Waals surface area contributed by atoms with E-state index < -0.39 is 0 Å². The van der Waals surface area contributed by atoms with Gasteiger partial charge in [-0.3, -0.25) is 9.78 Å². The highest BCUT2D eigenvalue weighted by Gasteiger charge is 2.31. The highest BCUT2D eigenvalue weighted by Crippen LogP contribution is 2.39. The summed E-state index contributed by atoms with van der Waals surface area (Å²) in [5, 5.41) is 9.02. The van der Waals surface area contributed by atoms with Gasteiger partial charge in [0, 0.05) is 48.8 Å². The van der Waals surface area contributed by atoms with Gasteiger partial charge in [0.15, 0.2) is 5.78 Å². The summed E-state index contributed by atoms with van der Waals surface area (Å²) in [5.74, 6) is 0.134. The van der Waals surface area contributed by atoms with Gasteiger partial charge in [0.05, 0.1) is 16.9 Å². The van der Waals surface area contributed by atoms with Crippen LogP contribution in [0.4, 0.5) is 16.2 Å². The molecule has 0 bridgehead atoms. The number of aromatic amines is 1. The lowest BCUT2D eigenvalue weighted by Crippen LogP contribution is -2.39. The van der Waals surface area contributed by atoms with E-state index >= 15 is 0 Å². The summed E-state index contributed by atoms with van der Waals surface area (Å²) in [5.41, 5.74) is 5.16. The minimum Gasteiger partial charge on any atom is -0.356 e. The van der Waals surface area contributed by atoms with Crippen LogP contribution in [0, 0.1) is 5.92 Å². The molecule has 7 nitrogen and oxygen atoms in total. The van der Waals surface area contributed by atoms with Crippen LogP contribution >= 0.6 is 0 Å². The second-order valence-corrected chi connectivity index (χ2v) is 7.39. The van der Waals surface area contributed by atoms with Crippen LogP contribution in [-0.2, 0) is 6.42 Å². The Morgan fingerprint density at radius 1 is 1.10 bits per heavy atom. The number of amides is 2.